The highest BCUT2D eigenvalue weighted by atomic mass is 16.5. The van der Waals surface area contributed by atoms with Gasteiger partial charge in [0.2, 0.25) is 0 Å². The van der Waals surface area contributed by atoms with Crippen LogP contribution in [0.1, 0.15) is 6.42 Å². The number of hydrogen-bond acceptors (Lipinski definition) is 3. The number of likely N-dealkylation sites (tertiary alicyclic amines) is 1. The lowest BCUT2D eigenvalue weighted by atomic mass is 10.0. The van der Waals surface area contributed by atoms with Crippen molar-refractivity contribution in [2.24, 2.45) is 5.73 Å². The van der Waals surface area contributed by atoms with E-state index in [1.54, 1.807) is 7.11 Å². The van der Waals surface area contributed by atoms with Crippen LogP contribution in [0, 0.1) is 0 Å². The molecule has 10 heavy (non-hydrogen) atoms. The molecule has 3 nitrogen and oxygen atoms in total. The fourth-order valence-electron chi connectivity index (χ4n) is 1.34. The minimum atomic E-state index is 0.235. The van der Waals surface area contributed by atoms with Crippen molar-refractivity contribution in [3.63, 3.8) is 0 Å². The number of piperidine rings is 1. The molecule has 0 radical (unpaired) electrons. The normalized spacial score (nSPS) is 36.3. The largest absolute Gasteiger partial charge is 0.379 e. The Hall–Kier alpha value is -0.120. The maximum atomic E-state index is 5.80. The fourth-order valence-corrected chi connectivity index (χ4v) is 1.34. The molecule has 1 saturated heterocycles. The summed E-state index contributed by atoms with van der Waals surface area (Å²) < 4.78 is 5.21. The van der Waals surface area contributed by atoms with Gasteiger partial charge in [-0.05, 0) is 20.0 Å². The van der Waals surface area contributed by atoms with Crippen LogP contribution in [0.3, 0.4) is 0 Å². The Bertz CT molecular complexity index is 108. The highest BCUT2D eigenvalue weighted by Gasteiger charge is 2.23. The van der Waals surface area contributed by atoms with E-state index < -0.39 is 0 Å². The summed E-state index contributed by atoms with van der Waals surface area (Å²) in [6.07, 6.45) is 1.29. The molecule has 2 N–H and O–H groups in total. The number of likely N-dealkylation sites (N-methyl/N-ethyl adjacent to an activating group) is 1. The first-order valence-corrected chi connectivity index (χ1v) is 3.71. The molecule has 60 valence electrons. The van der Waals surface area contributed by atoms with Crippen LogP contribution in [0.4, 0.5) is 0 Å². The number of nitrogens with zero attached hydrogens (tertiary/aromatic N) is 1. The van der Waals surface area contributed by atoms with Crippen LogP contribution >= 0.6 is 0 Å². The second-order valence-electron chi connectivity index (χ2n) is 2.99. The SMILES string of the molecule is COC1CN(C)CCC1N. The van der Waals surface area contributed by atoms with Gasteiger partial charge in [0.1, 0.15) is 0 Å². The number of methoxy groups -OCH3 is 1. The van der Waals surface area contributed by atoms with Crippen LogP contribution in [-0.2, 0) is 4.74 Å². The summed E-state index contributed by atoms with van der Waals surface area (Å²) in [5, 5.41) is 0. The van der Waals surface area contributed by atoms with Gasteiger partial charge in [0.05, 0.1) is 6.10 Å². The van der Waals surface area contributed by atoms with Gasteiger partial charge in [0.15, 0.2) is 0 Å². The van der Waals surface area contributed by atoms with Crippen molar-refractivity contribution in [2.75, 3.05) is 27.2 Å². The number of hydrogen-bond donors (Lipinski definition) is 1. The molecule has 3 heteroatoms. The summed E-state index contributed by atoms with van der Waals surface area (Å²) in [6.45, 7) is 2.07. The van der Waals surface area contributed by atoms with Gasteiger partial charge < -0.3 is 15.4 Å². The van der Waals surface area contributed by atoms with E-state index in [-0.39, 0.29) is 12.1 Å². The van der Waals surface area contributed by atoms with E-state index >= 15 is 0 Å². The zero-order valence-electron chi connectivity index (χ0n) is 6.71. The van der Waals surface area contributed by atoms with Crippen molar-refractivity contribution in [2.45, 2.75) is 18.6 Å². The van der Waals surface area contributed by atoms with Gasteiger partial charge in [-0.1, -0.05) is 0 Å². The van der Waals surface area contributed by atoms with Gasteiger partial charge in [0, 0.05) is 19.7 Å². The summed E-state index contributed by atoms with van der Waals surface area (Å²) in [5.74, 6) is 0. The Morgan fingerprint density at radius 2 is 2.30 bits per heavy atom. The van der Waals surface area contributed by atoms with E-state index in [1.807, 2.05) is 0 Å². The lowest BCUT2D eigenvalue weighted by molar-refractivity contribution is 0.0256. The minimum absolute atomic E-state index is 0.235. The summed E-state index contributed by atoms with van der Waals surface area (Å²) in [5.41, 5.74) is 5.80. The molecule has 1 heterocycles. The average Bonchev–Trinajstić information content (AvgIpc) is 1.94. The maximum Gasteiger partial charge on any atom is 0.0849 e. The molecule has 2 unspecified atom stereocenters. The smallest absolute Gasteiger partial charge is 0.0849 e. The molecule has 2 atom stereocenters. The van der Waals surface area contributed by atoms with E-state index in [0.717, 1.165) is 19.5 Å². The van der Waals surface area contributed by atoms with Gasteiger partial charge in [0.25, 0.3) is 0 Å². The Morgan fingerprint density at radius 1 is 1.60 bits per heavy atom. The van der Waals surface area contributed by atoms with Crippen LogP contribution in [0.15, 0.2) is 0 Å². The molecule has 0 aromatic rings. The van der Waals surface area contributed by atoms with E-state index in [1.165, 1.54) is 0 Å². The molecule has 0 bridgehead atoms. The van der Waals surface area contributed by atoms with E-state index in [4.69, 9.17) is 10.5 Å². The van der Waals surface area contributed by atoms with Crippen molar-refractivity contribution in [3.05, 3.63) is 0 Å². The number of rotatable bonds is 1. The molecule has 0 aromatic carbocycles. The molecule has 0 saturated carbocycles. The van der Waals surface area contributed by atoms with Crippen LogP contribution in [0.25, 0.3) is 0 Å². The van der Waals surface area contributed by atoms with Crippen molar-refractivity contribution in [1.82, 2.24) is 4.90 Å². The first-order chi connectivity index (χ1) is 4.74. The summed E-state index contributed by atoms with van der Waals surface area (Å²) in [7, 11) is 3.82. The highest BCUT2D eigenvalue weighted by Crippen LogP contribution is 2.09. The average molecular weight is 144 g/mol. The molecule has 1 aliphatic rings. The molecule has 1 fully saturated rings. The minimum Gasteiger partial charge on any atom is -0.379 e. The predicted octanol–water partition coefficient (Wildman–Crippen LogP) is -0.336. The molecule has 0 amide bonds. The van der Waals surface area contributed by atoms with Gasteiger partial charge in [-0.25, -0.2) is 0 Å². The third kappa shape index (κ3) is 1.68. The second kappa shape index (κ2) is 3.32. The first kappa shape index (κ1) is 7.98. The van der Waals surface area contributed by atoms with E-state index in [0.29, 0.717) is 0 Å². The lowest BCUT2D eigenvalue weighted by Gasteiger charge is -2.33. The van der Waals surface area contributed by atoms with Gasteiger partial charge in [-0.15, -0.1) is 0 Å². The Balaban J connectivity index is 2.38. The summed E-state index contributed by atoms with van der Waals surface area (Å²) in [4.78, 5) is 2.25. The molecular weight excluding hydrogens is 128 g/mol. The van der Waals surface area contributed by atoms with Gasteiger partial charge in [-0.2, -0.15) is 0 Å². The first-order valence-electron chi connectivity index (χ1n) is 3.71. The Labute approximate surface area is 62.1 Å². The lowest BCUT2D eigenvalue weighted by Crippen LogP contribution is -2.50. The second-order valence-corrected chi connectivity index (χ2v) is 2.99. The number of nitrogens with two attached hydrogens (primary N) is 1. The fraction of sp³-hybridized carbons (Fsp3) is 1.00. The van der Waals surface area contributed by atoms with Crippen molar-refractivity contribution < 1.29 is 4.74 Å². The molecule has 0 aliphatic carbocycles. The zero-order chi connectivity index (χ0) is 7.56. The predicted molar refractivity (Wildman–Crippen MR) is 40.9 cm³/mol. The third-order valence-electron chi connectivity index (χ3n) is 2.12. The Morgan fingerprint density at radius 3 is 2.80 bits per heavy atom. The molecule has 0 aromatic heterocycles. The summed E-state index contributed by atoms with van der Waals surface area (Å²) in [6, 6.07) is 0.237. The van der Waals surface area contributed by atoms with Crippen molar-refractivity contribution in [3.8, 4) is 0 Å². The van der Waals surface area contributed by atoms with Crippen LogP contribution in [0.2, 0.25) is 0 Å². The molecule has 1 aliphatic heterocycles. The topological polar surface area (TPSA) is 38.5 Å². The third-order valence-corrected chi connectivity index (χ3v) is 2.12. The highest BCUT2D eigenvalue weighted by molar-refractivity contribution is 4.81. The monoisotopic (exact) mass is 144 g/mol. The van der Waals surface area contributed by atoms with E-state index in [9.17, 15) is 0 Å². The maximum absolute atomic E-state index is 5.80. The quantitative estimate of drug-likeness (QED) is 0.547. The van der Waals surface area contributed by atoms with Crippen molar-refractivity contribution in [1.29, 1.82) is 0 Å². The Kier molecular flexibility index (Phi) is 2.65. The summed E-state index contributed by atoms with van der Waals surface area (Å²) >= 11 is 0. The number of ether oxygens (including phenoxy) is 1. The van der Waals surface area contributed by atoms with Gasteiger partial charge in [-0.3, -0.25) is 0 Å². The molecular formula is C7H16N2O. The molecule has 1 rings (SSSR count). The standard InChI is InChI=1S/C7H16N2O/c1-9-4-3-6(8)7(5-9)10-2/h6-7H,3-5,8H2,1-2H3. The zero-order valence-corrected chi connectivity index (χ0v) is 6.71. The molecule has 0 spiro atoms. The van der Waals surface area contributed by atoms with E-state index in [2.05, 4.69) is 11.9 Å². The van der Waals surface area contributed by atoms with Gasteiger partial charge >= 0.3 is 0 Å². The van der Waals surface area contributed by atoms with Crippen LogP contribution in [-0.4, -0.2) is 44.3 Å². The van der Waals surface area contributed by atoms with Crippen molar-refractivity contribution >= 4 is 0 Å². The van der Waals surface area contributed by atoms with Crippen LogP contribution in [0.5, 0.6) is 0 Å². The van der Waals surface area contributed by atoms with Crippen LogP contribution < -0.4 is 5.73 Å².